The molecule has 1 fully saturated rings. The first-order valence-electron chi connectivity index (χ1n) is 7.73. The van der Waals surface area contributed by atoms with Crippen LogP contribution in [0, 0.1) is 5.92 Å². The van der Waals surface area contributed by atoms with Gasteiger partial charge in [-0.05, 0) is 31.4 Å². The van der Waals surface area contributed by atoms with Crippen LogP contribution in [-0.2, 0) is 0 Å². The number of hydrogen-bond donors (Lipinski definition) is 1. The second-order valence-corrected chi connectivity index (χ2v) is 6.50. The molecule has 3 rings (SSSR count). The van der Waals surface area contributed by atoms with Crippen LogP contribution in [0.3, 0.4) is 0 Å². The van der Waals surface area contributed by atoms with Crippen molar-refractivity contribution < 1.29 is 9.90 Å². The van der Waals surface area contributed by atoms with E-state index in [1.165, 1.54) is 12.8 Å². The van der Waals surface area contributed by atoms with E-state index in [9.17, 15) is 9.90 Å². The minimum atomic E-state index is -0.879. The summed E-state index contributed by atoms with van der Waals surface area (Å²) in [6.45, 7) is 6.41. The number of nitrogens with zero attached hydrogens (tertiary/aromatic N) is 2. The molecule has 0 aliphatic heterocycles. The van der Waals surface area contributed by atoms with Gasteiger partial charge in [-0.1, -0.05) is 32.8 Å². The van der Waals surface area contributed by atoms with Crippen LogP contribution in [0.5, 0.6) is 0 Å². The molecule has 0 bridgehead atoms. The number of carboxylic acids is 1. The Morgan fingerprint density at radius 3 is 2.67 bits per heavy atom. The lowest BCUT2D eigenvalue weighted by Crippen LogP contribution is -2.13. The van der Waals surface area contributed by atoms with Gasteiger partial charge in [-0.3, -0.25) is 0 Å². The molecule has 1 unspecified atom stereocenters. The largest absolute Gasteiger partial charge is 0.478 e. The molecule has 1 N–H and O–H groups in total. The van der Waals surface area contributed by atoms with Gasteiger partial charge in [-0.25, -0.2) is 9.78 Å². The van der Waals surface area contributed by atoms with Crippen molar-refractivity contribution in [1.29, 1.82) is 0 Å². The summed E-state index contributed by atoms with van der Waals surface area (Å²) in [5.41, 5.74) is 1.93. The third kappa shape index (κ3) is 2.55. The van der Waals surface area contributed by atoms with Gasteiger partial charge in [0.15, 0.2) is 0 Å². The van der Waals surface area contributed by atoms with E-state index in [0.29, 0.717) is 11.6 Å². The van der Waals surface area contributed by atoms with Gasteiger partial charge in [0.25, 0.3) is 0 Å². The number of carboxylic acid groups (broad SMARTS) is 1. The van der Waals surface area contributed by atoms with Crippen molar-refractivity contribution in [3.8, 4) is 0 Å². The van der Waals surface area contributed by atoms with Gasteiger partial charge in [-0.15, -0.1) is 0 Å². The van der Waals surface area contributed by atoms with Crippen LogP contribution in [0.25, 0.3) is 11.0 Å². The number of rotatable bonds is 5. The van der Waals surface area contributed by atoms with Crippen molar-refractivity contribution in [1.82, 2.24) is 9.55 Å². The Labute approximate surface area is 124 Å². The zero-order valence-electron chi connectivity index (χ0n) is 12.8. The molecule has 0 saturated heterocycles. The lowest BCUT2D eigenvalue weighted by molar-refractivity contribution is 0.0698. The van der Waals surface area contributed by atoms with Crippen LogP contribution in [0.1, 0.15) is 68.2 Å². The van der Waals surface area contributed by atoms with Crippen molar-refractivity contribution >= 4 is 17.0 Å². The fourth-order valence-electron chi connectivity index (χ4n) is 3.13. The van der Waals surface area contributed by atoms with E-state index in [0.717, 1.165) is 29.2 Å². The quantitative estimate of drug-likeness (QED) is 0.895. The summed E-state index contributed by atoms with van der Waals surface area (Å²) in [6, 6.07) is 5.66. The SMILES string of the molecule is CC(C)c1nc2cccc(C(=O)O)c2n1C(C)CC1CC1. The predicted octanol–water partition coefficient (Wildman–Crippen LogP) is 4.22. The summed E-state index contributed by atoms with van der Waals surface area (Å²) < 4.78 is 2.17. The average Bonchev–Trinajstić information content (AvgIpc) is 3.14. The molecule has 4 heteroatoms. The second kappa shape index (κ2) is 5.17. The summed E-state index contributed by atoms with van der Waals surface area (Å²) in [5, 5.41) is 9.49. The number of hydrogen-bond acceptors (Lipinski definition) is 2. The Kier molecular flexibility index (Phi) is 3.47. The molecule has 1 atom stereocenters. The first-order chi connectivity index (χ1) is 9.99. The smallest absolute Gasteiger partial charge is 0.337 e. The molecule has 112 valence electrons. The summed E-state index contributed by atoms with van der Waals surface area (Å²) in [5.74, 6) is 1.19. The molecule has 1 heterocycles. The van der Waals surface area contributed by atoms with Gasteiger partial charge in [-0.2, -0.15) is 0 Å². The highest BCUT2D eigenvalue weighted by atomic mass is 16.4. The van der Waals surface area contributed by atoms with Crippen molar-refractivity contribution in [2.24, 2.45) is 5.92 Å². The molecule has 1 aromatic carbocycles. The predicted molar refractivity (Wildman–Crippen MR) is 82.8 cm³/mol. The lowest BCUT2D eigenvalue weighted by Gasteiger charge is -2.19. The number of fused-ring (bicyclic) bond motifs is 1. The van der Waals surface area contributed by atoms with Crippen LogP contribution in [-0.4, -0.2) is 20.6 Å². The average molecular weight is 286 g/mol. The summed E-state index contributed by atoms with van der Waals surface area (Å²) in [6.07, 6.45) is 3.72. The molecule has 4 nitrogen and oxygen atoms in total. The number of aromatic carboxylic acids is 1. The van der Waals surface area contributed by atoms with E-state index in [4.69, 9.17) is 4.98 Å². The fourth-order valence-corrected chi connectivity index (χ4v) is 3.13. The molecular formula is C17H22N2O2. The van der Waals surface area contributed by atoms with Crippen molar-refractivity contribution in [3.05, 3.63) is 29.6 Å². The van der Waals surface area contributed by atoms with Crippen LogP contribution < -0.4 is 0 Å². The molecule has 1 aromatic heterocycles. The Hall–Kier alpha value is -1.84. The van der Waals surface area contributed by atoms with Gasteiger partial charge >= 0.3 is 5.97 Å². The number of para-hydroxylation sites is 1. The zero-order chi connectivity index (χ0) is 15.1. The molecule has 2 aromatic rings. The van der Waals surface area contributed by atoms with Gasteiger partial charge in [0.1, 0.15) is 5.82 Å². The van der Waals surface area contributed by atoms with Gasteiger partial charge in [0.2, 0.25) is 0 Å². The second-order valence-electron chi connectivity index (χ2n) is 6.50. The molecule has 1 aliphatic carbocycles. The number of benzene rings is 1. The molecule has 0 spiro atoms. The maximum atomic E-state index is 11.6. The molecule has 0 amide bonds. The molecular weight excluding hydrogens is 264 g/mol. The van der Waals surface area contributed by atoms with Crippen molar-refractivity contribution in [2.45, 2.75) is 52.0 Å². The van der Waals surface area contributed by atoms with Gasteiger partial charge in [0.05, 0.1) is 16.6 Å². The molecule has 21 heavy (non-hydrogen) atoms. The minimum Gasteiger partial charge on any atom is -0.478 e. The zero-order valence-corrected chi connectivity index (χ0v) is 12.8. The standard InChI is InChI=1S/C17H22N2O2/c1-10(2)16-18-14-6-4-5-13(17(20)21)15(14)19(16)11(3)9-12-7-8-12/h4-6,10-12H,7-9H2,1-3H3,(H,20,21). The van der Waals surface area contributed by atoms with E-state index in [2.05, 4.69) is 25.3 Å². The van der Waals surface area contributed by atoms with Crippen LogP contribution >= 0.6 is 0 Å². The summed E-state index contributed by atoms with van der Waals surface area (Å²) in [4.78, 5) is 16.3. The topological polar surface area (TPSA) is 55.1 Å². The highest BCUT2D eigenvalue weighted by Gasteiger charge is 2.28. The maximum absolute atomic E-state index is 11.6. The lowest BCUT2D eigenvalue weighted by atomic mass is 10.1. The number of imidazole rings is 1. The maximum Gasteiger partial charge on any atom is 0.337 e. The first-order valence-corrected chi connectivity index (χ1v) is 7.73. The number of aromatic nitrogens is 2. The normalized spacial score (nSPS) is 16.6. The van der Waals surface area contributed by atoms with E-state index in [1.54, 1.807) is 12.1 Å². The molecule has 1 saturated carbocycles. The Morgan fingerprint density at radius 2 is 2.10 bits per heavy atom. The van der Waals surface area contributed by atoms with Crippen molar-refractivity contribution in [2.75, 3.05) is 0 Å². The minimum absolute atomic E-state index is 0.278. The Balaban J connectivity index is 2.20. The van der Waals surface area contributed by atoms with E-state index >= 15 is 0 Å². The third-order valence-corrected chi connectivity index (χ3v) is 4.30. The Morgan fingerprint density at radius 1 is 1.38 bits per heavy atom. The Bertz CT molecular complexity index is 683. The highest BCUT2D eigenvalue weighted by Crippen LogP contribution is 2.39. The van der Waals surface area contributed by atoms with Gasteiger partial charge < -0.3 is 9.67 Å². The van der Waals surface area contributed by atoms with E-state index < -0.39 is 5.97 Å². The van der Waals surface area contributed by atoms with E-state index in [-0.39, 0.29) is 5.92 Å². The van der Waals surface area contributed by atoms with Gasteiger partial charge in [0, 0.05) is 12.0 Å². The summed E-state index contributed by atoms with van der Waals surface area (Å²) >= 11 is 0. The monoisotopic (exact) mass is 286 g/mol. The fraction of sp³-hybridized carbons (Fsp3) is 0.529. The summed E-state index contributed by atoms with van der Waals surface area (Å²) in [7, 11) is 0. The van der Waals surface area contributed by atoms with Crippen molar-refractivity contribution in [3.63, 3.8) is 0 Å². The number of carbonyl (C=O) groups is 1. The third-order valence-electron chi connectivity index (χ3n) is 4.30. The van der Waals surface area contributed by atoms with E-state index in [1.807, 2.05) is 6.07 Å². The highest BCUT2D eigenvalue weighted by molar-refractivity contribution is 6.01. The van der Waals surface area contributed by atoms with Crippen LogP contribution in [0.15, 0.2) is 18.2 Å². The van der Waals surface area contributed by atoms with Crippen LogP contribution in [0.4, 0.5) is 0 Å². The van der Waals surface area contributed by atoms with Crippen LogP contribution in [0.2, 0.25) is 0 Å². The molecule has 1 aliphatic rings. The first kappa shape index (κ1) is 14.1. The molecule has 0 radical (unpaired) electrons.